The number of piperazine rings is 1. The number of nitrogens with two attached hydrogens (primary N) is 1. The van der Waals surface area contributed by atoms with Gasteiger partial charge in [0.1, 0.15) is 0 Å². The SMILES string of the molecule is CN1CCN(CCS(=O)(=O)N(Cc2ccc(C(=O)CN)cc2)c2ccccc2)CC1. The normalized spacial score (nSPS) is 15.8. The fraction of sp³-hybridized carbons (Fsp3) is 0.409. The lowest BCUT2D eigenvalue weighted by molar-refractivity contribution is 0.100. The molecule has 2 N–H and O–H groups in total. The Morgan fingerprint density at radius 3 is 2.23 bits per heavy atom. The molecule has 0 radical (unpaired) electrons. The van der Waals surface area contributed by atoms with Gasteiger partial charge in [0.05, 0.1) is 24.5 Å². The number of ketones is 1. The predicted molar refractivity (Wildman–Crippen MR) is 120 cm³/mol. The van der Waals surface area contributed by atoms with E-state index in [1.54, 1.807) is 36.4 Å². The van der Waals surface area contributed by atoms with Gasteiger partial charge >= 0.3 is 0 Å². The van der Waals surface area contributed by atoms with Crippen molar-refractivity contribution in [1.29, 1.82) is 0 Å². The summed E-state index contributed by atoms with van der Waals surface area (Å²) < 4.78 is 28.0. The first-order valence-corrected chi connectivity index (χ1v) is 11.8. The highest BCUT2D eigenvalue weighted by Crippen LogP contribution is 2.22. The molecule has 2 aromatic rings. The van der Waals surface area contributed by atoms with Crippen molar-refractivity contribution in [2.24, 2.45) is 5.73 Å². The molecular formula is C22H30N4O3S. The molecule has 30 heavy (non-hydrogen) atoms. The van der Waals surface area contributed by atoms with E-state index in [1.807, 2.05) is 18.2 Å². The van der Waals surface area contributed by atoms with Gasteiger partial charge in [-0.2, -0.15) is 0 Å². The van der Waals surface area contributed by atoms with Gasteiger partial charge in [-0.05, 0) is 24.7 Å². The molecule has 7 nitrogen and oxygen atoms in total. The van der Waals surface area contributed by atoms with Crippen LogP contribution >= 0.6 is 0 Å². The summed E-state index contributed by atoms with van der Waals surface area (Å²) in [7, 11) is -1.45. The highest BCUT2D eigenvalue weighted by Gasteiger charge is 2.25. The van der Waals surface area contributed by atoms with Gasteiger partial charge < -0.3 is 10.6 Å². The van der Waals surface area contributed by atoms with Crippen LogP contribution in [0.1, 0.15) is 15.9 Å². The summed E-state index contributed by atoms with van der Waals surface area (Å²) in [5.41, 5.74) is 7.40. The largest absolute Gasteiger partial charge is 0.324 e. The third-order valence-electron chi connectivity index (χ3n) is 5.43. The molecule has 2 aromatic carbocycles. The first kappa shape index (κ1) is 22.4. The Labute approximate surface area is 179 Å². The number of hydrogen-bond donors (Lipinski definition) is 1. The van der Waals surface area contributed by atoms with Crippen LogP contribution in [-0.2, 0) is 16.6 Å². The average Bonchev–Trinajstić information content (AvgIpc) is 2.77. The molecule has 0 spiro atoms. The standard InChI is InChI=1S/C22H30N4O3S/c1-24-11-13-25(14-12-24)15-16-30(28,29)26(21-5-3-2-4-6-21)18-19-7-9-20(10-8-19)22(27)17-23/h2-10H,11-18,23H2,1H3. The smallest absolute Gasteiger partial charge is 0.236 e. The van der Waals surface area contributed by atoms with Crippen LogP contribution in [0.4, 0.5) is 5.69 Å². The molecule has 1 heterocycles. The zero-order valence-electron chi connectivity index (χ0n) is 17.4. The zero-order chi connectivity index (χ0) is 21.6. The molecule has 162 valence electrons. The second kappa shape index (κ2) is 10.2. The Hall–Kier alpha value is -2.26. The number of nitrogens with zero attached hydrogens (tertiary/aromatic N) is 3. The van der Waals surface area contributed by atoms with E-state index >= 15 is 0 Å². The van der Waals surface area contributed by atoms with Crippen LogP contribution in [0.5, 0.6) is 0 Å². The van der Waals surface area contributed by atoms with Crippen molar-refractivity contribution in [3.05, 3.63) is 65.7 Å². The number of sulfonamides is 1. The van der Waals surface area contributed by atoms with Crippen LogP contribution in [0.15, 0.2) is 54.6 Å². The highest BCUT2D eigenvalue weighted by atomic mass is 32.2. The lowest BCUT2D eigenvalue weighted by Gasteiger charge is -2.33. The Bertz CT molecular complexity index is 925. The number of rotatable bonds is 9. The summed E-state index contributed by atoms with van der Waals surface area (Å²) in [5, 5.41) is 0. The van der Waals surface area contributed by atoms with Gasteiger partial charge in [-0.3, -0.25) is 14.0 Å². The summed E-state index contributed by atoms with van der Waals surface area (Å²) in [5.74, 6) is -0.0729. The Kier molecular flexibility index (Phi) is 7.60. The maximum Gasteiger partial charge on any atom is 0.236 e. The molecule has 0 aromatic heterocycles. The van der Waals surface area contributed by atoms with Gasteiger partial charge in [0.2, 0.25) is 10.0 Å². The molecule has 1 fully saturated rings. The minimum atomic E-state index is -3.53. The molecular weight excluding hydrogens is 400 g/mol. The summed E-state index contributed by atoms with van der Waals surface area (Å²) in [6, 6.07) is 16.1. The van der Waals surface area contributed by atoms with E-state index < -0.39 is 10.0 Å². The van der Waals surface area contributed by atoms with Crippen LogP contribution in [-0.4, -0.2) is 76.1 Å². The number of carbonyl (C=O) groups is 1. The van der Waals surface area contributed by atoms with Crippen molar-refractivity contribution in [2.75, 3.05) is 56.4 Å². The molecule has 0 unspecified atom stereocenters. The van der Waals surface area contributed by atoms with Crippen molar-refractivity contribution in [3.63, 3.8) is 0 Å². The maximum absolute atomic E-state index is 13.3. The van der Waals surface area contributed by atoms with E-state index in [1.165, 1.54) is 4.31 Å². The highest BCUT2D eigenvalue weighted by molar-refractivity contribution is 7.92. The molecule has 1 aliphatic heterocycles. The first-order chi connectivity index (χ1) is 14.4. The minimum Gasteiger partial charge on any atom is -0.324 e. The zero-order valence-corrected chi connectivity index (χ0v) is 18.2. The van der Waals surface area contributed by atoms with Gasteiger partial charge in [0.25, 0.3) is 0 Å². The van der Waals surface area contributed by atoms with E-state index in [2.05, 4.69) is 16.8 Å². The van der Waals surface area contributed by atoms with Gasteiger partial charge in [-0.1, -0.05) is 42.5 Å². The first-order valence-electron chi connectivity index (χ1n) is 10.2. The van der Waals surface area contributed by atoms with Crippen molar-refractivity contribution in [1.82, 2.24) is 9.80 Å². The summed E-state index contributed by atoms with van der Waals surface area (Å²) in [4.78, 5) is 16.2. The molecule has 8 heteroatoms. The number of para-hydroxylation sites is 1. The number of benzene rings is 2. The molecule has 0 aliphatic carbocycles. The number of likely N-dealkylation sites (N-methyl/N-ethyl adjacent to an activating group) is 1. The quantitative estimate of drug-likeness (QED) is 0.606. The molecule has 1 aliphatic rings. The Morgan fingerprint density at radius 1 is 1.00 bits per heavy atom. The molecule has 0 amide bonds. The lowest BCUT2D eigenvalue weighted by Crippen LogP contribution is -2.47. The van der Waals surface area contributed by atoms with Crippen molar-refractivity contribution in [2.45, 2.75) is 6.54 Å². The van der Waals surface area contributed by atoms with E-state index in [4.69, 9.17) is 5.73 Å². The van der Waals surface area contributed by atoms with Crippen LogP contribution in [0.3, 0.4) is 0 Å². The van der Waals surface area contributed by atoms with Crippen LogP contribution < -0.4 is 10.0 Å². The number of Topliss-reactive ketones (excluding diaryl/α,β-unsaturated/α-hetero) is 1. The van der Waals surface area contributed by atoms with Crippen molar-refractivity contribution in [3.8, 4) is 0 Å². The number of anilines is 1. The fourth-order valence-corrected chi connectivity index (χ4v) is 4.95. The summed E-state index contributed by atoms with van der Waals surface area (Å²) in [6.07, 6.45) is 0. The van der Waals surface area contributed by atoms with Gasteiger partial charge in [-0.15, -0.1) is 0 Å². The average molecular weight is 431 g/mol. The van der Waals surface area contributed by atoms with E-state index in [9.17, 15) is 13.2 Å². The Balaban J connectivity index is 1.76. The van der Waals surface area contributed by atoms with Crippen molar-refractivity contribution >= 4 is 21.5 Å². The summed E-state index contributed by atoms with van der Waals surface area (Å²) >= 11 is 0. The minimum absolute atomic E-state index is 0.0455. The van der Waals surface area contributed by atoms with E-state index in [0.29, 0.717) is 17.8 Å². The van der Waals surface area contributed by atoms with Crippen LogP contribution in [0.2, 0.25) is 0 Å². The van der Waals surface area contributed by atoms with Gasteiger partial charge in [-0.25, -0.2) is 8.42 Å². The number of hydrogen-bond acceptors (Lipinski definition) is 6. The topological polar surface area (TPSA) is 87.0 Å². The van der Waals surface area contributed by atoms with Gasteiger partial charge in [0.15, 0.2) is 5.78 Å². The third-order valence-corrected chi connectivity index (χ3v) is 7.14. The summed E-state index contributed by atoms with van der Waals surface area (Å²) in [6.45, 7) is 4.36. The van der Waals surface area contributed by atoms with Crippen molar-refractivity contribution < 1.29 is 13.2 Å². The van der Waals surface area contributed by atoms with E-state index in [-0.39, 0.29) is 24.6 Å². The van der Waals surface area contributed by atoms with Crippen LogP contribution in [0.25, 0.3) is 0 Å². The second-order valence-corrected chi connectivity index (χ2v) is 9.64. The molecule has 0 saturated carbocycles. The molecule has 0 atom stereocenters. The third kappa shape index (κ3) is 5.89. The number of carbonyl (C=O) groups excluding carboxylic acids is 1. The Morgan fingerprint density at radius 2 is 1.63 bits per heavy atom. The van der Waals surface area contributed by atoms with Crippen LogP contribution in [0, 0.1) is 0 Å². The van der Waals surface area contributed by atoms with E-state index in [0.717, 1.165) is 31.7 Å². The van der Waals surface area contributed by atoms with Gasteiger partial charge in [0, 0.05) is 38.3 Å². The molecule has 1 saturated heterocycles. The molecule has 3 rings (SSSR count). The second-order valence-electron chi connectivity index (χ2n) is 7.63. The predicted octanol–water partition coefficient (Wildman–Crippen LogP) is 1.41. The fourth-order valence-electron chi connectivity index (χ4n) is 3.45. The lowest BCUT2D eigenvalue weighted by atomic mass is 10.1. The molecule has 0 bridgehead atoms. The maximum atomic E-state index is 13.3. The monoisotopic (exact) mass is 430 g/mol.